The summed E-state index contributed by atoms with van der Waals surface area (Å²) in [5.41, 5.74) is 0.862. The van der Waals surface area contributed by atoms with E-state index in [1.54, 1.807) is 0 Å². The van der Waals surface area contributed by atoms with Crippen LogP contribution in [-0.2, 0) is 0 Å². The van der Waals surface area contributed by atoms with Crippen molar-refractivity contribution in [3.05, 3.63) is 28.7 Å². The first-order chi connectivity index (χ1) is 8.55. The molecule has 18 heavy (non-hydrogen) atoms. The molecule has 3 heteroatoms. The van der Waals surface area contributed by atoms with Crippen LogP contribution in [0.5, 0.6) is 0 Å². The molecule has 0 bridgehead atoms. The second-order valence-electron chi connectivity index (χ2n) is 5.14. The predicted molar refractivity (Wildman–Crippen MR) is 81.9 cm³/mol. The lowest BCUT2D eigenvalue weighted by Crippen LogP contribution is -2.43. The van der Waals surface area contributed by atoms with E-state index >= 15 is 0 Å². The van der Waals surface area contributed by atoms with Gasteiger partial charge in [-0.25, -0.2) is 0 Å². The summed E-state index contributed by atoms with van der Waals surface area (Å²) in [7, 11) is 0. The van der Waals surface area contributed by atoms with Crippen molar-refractivity contribution < 1.29 is 5.11 Å². The summed E-state index contributed by atoms with van der Waals surface area (Å²) in [5.74, 6) is 0.611. The maximum Gasteiger partial charge on any atom is 0.0661 e. The molecule has 0 spiro atoms. The molecule has 0 aliphatic heterocycles. The largest absolute Gasteiger partial charge is 0.394 e. The predicted octanol–water partition coefficient (Wildman–Crippen LogP) is 4.44. The quantitative estimate of drug-likeness (QED) is 0.780. The number of aliphatic hydroxyl groups is 1. The van der Waals surface area contributed by atoms with E-state index in [0.29, 0.717) is 5.92 Å². The van der Waals surface area contributed by atoms with E-state index in [4.69, 9.17) is 0 Å². The SMILES string of the molecule is CCC(C)CC(CC)(CO)Nc1ccc(Br)cc1. The first-order valence-corrected chi connectivity index (χ1v) is 7.49. The van der Waals surface area contributed by atoms with Gasteiger partial charge in [-0.05, 0) is 43.0 Å². The summed E-state index contributed by atoms with van der Waals surface area (Å²) in [6.07, 6.45) is 3.06. The van der Waals surface area contributed by atoms with Crippen LogP contribution in [0.25, 0.3) is 0 Å². The summed E-state index contributed by atoms with van der Waals surface area (Å²) in [5, 5.41) is 13.3. The first-order valence-electron chi connectivity index (χ1n) is 6.70. The van der Waals surface area contributed by atoms with Crippen LogP contribution in [0.2, 0.25) is 0 Å². The van der Waals surface area contributed by atoms with Gasteiger partial charge in [0.25, 0.3) is 0 Å². The van der Waals surface area contributed by atoms with Crippen LogP contribution in [0, 0.1) is 5.92 Å². The molecule has 2 nitrogen and oxygen atoms in total. The molecule has 0 saturated carbocycles. The van der Waals surface area contributed by atoms with Crippen LogP contribution in [0.1, 0.15) is 40.0 Å². The Balaban J connectivity index is 2.81. The number of rotatable bonds is 7. The van der Waals surface area contributed by atoms with Crippen LogP contribution < -0.4 is 5.32 Å². The molecule has 2 N–H and O–H groups in total. The zero-order chi connectivity index (χ0) is 13.6. The van der Waals surface area contributed by atoms with E-state index in [2.05, 4.69) is 42.0 Å². The molecule has 0 heterocycles. The van der Waals surface area contributed by atoms with Gasteiger partial charge in [-0.1, -0.05) is 43.1 Å². The second kappa shape index (κ2) is 7.15. The lowest BCUT2D eigenvalue weighted by molar-refractivity contribution is 0.181. The zero-order valence-electron chi connectivity index (χ0n) is 11.5. The third-order valence-corrected chi connectivity index (χ3v) is 4.20. The molecule has 0 fully saturated rings. The number of hydrogen-bond donors (Lipinski definition) is 2. The van der Waals surface area contributed by atoms with Gasteiger partial charge in [-0.3, -0.25) is 0 Å². The Bertz CT molecular complexity index is 346. The standard InChI is InChI=1S/C15H24BrNO/c1-4-12(3)10-15(5-2,11-18)17-14-8-6-13(16)7-9-14/h6-9,12,17-18H,4-5,10-11H2,1-3H3. The van der Waals surface area contributed by atoms with Crippen molar-refractivity contribution in [3.63, 3.8) is 0 Å². The molecule has 1 rings (SSSR count). The third kappa shape index (κ3) is 4.29. The molecule has 1 aromatic rings. The minimum Gasteiger partial charge on any atom is -0.394 e. The van der Waals surface area contributed by atoms with Crippen molar-refractivity contribution >= 4 is 21.6 Å². The normalized spacial score (nSPS) is 16.1. The Morgan fingerprint density at radius 1 is 1.28 bits per heavy atom. The molecule has 0 radical (unpaired) electrons. The summed E-state index contributed by atoms with van der Waals surface area (Å²) < 4.78 is 1.07. The molecular weight excluding hydrogens is 290 g/mol. The second-order valence-corrected chi connectivity index (χ2v) is 6.06. The molecule has 0 aromatic heterocycles. The molecule has 2 unspecified atom stereocenters. The highest BCUT2D eigenvalue weighted by Gasteiger charge is 2.28. The van der Waals surface area contributed by atoms with Gasteiger partial charge >= 0.3 is 0 Å². The maximum absolute atomic E-state index is 9.77. The molecule has 102 valence electrons. The Morgan fingerprint density at radius 3 is 2.33 bits per heavy atom. The highest BCUT2D eigenvalue weighted by atomic mass is 79.9. The lowest BCUT2D eigenvalue weighted by atomic mass is 9.85. The van der Waals surface area contributed by atoms with Crippen molar-refractivity contribution in [2.75, 3.05) is 11.9 Å². The minimum atomic E-state index is -0.205. The summed E-state index contributed by atoms with van der Waals surface area (Å²) in [6, 6.07) is 8.12. The lowest BCUT2D eigenvalue weighted by Gasteiger charge is -2.35. The van der Waals surface area contributed by atoms with E-state index in [1.807, 2.05) is 24.3 Å². The van der Waals surface area contributed by atoms with Gasteiger partial charge in [0.1, 0.15) is 0 Å². The monoisotopic (exact) mass is 313 g/mol. The number of benzene rings is 1. The molecule has 0 aliphatic rings. The van der Waals surface area contributed by atoms with Crippen molar-refractivity contribution in [2.45, 2.75) is 45.6 Å². The van der Waals surface area contributed by atoms with E-state index in [-0.39, 0.29) is 12.1 Å². The highest BCUT2D eigenvalue weighted by Crippen LogP contribution is 2.27. The van der Waals surface area contributed by atoms with E-state index in [9.17, 15) is 5.11 Å². The van der Waals surface area contributed by atoms with Crippen molar-refractivity contribution in [1.29, 1.82) is 0 Å². The molecule has 0 saturated heterocycles. The number of halogens is 1. The summed E-state index contributed by atoms with van der Waals surface area (Å²) >= 11 is 3.43. The first kappa shape index (κ1) is 15.5. The van der Waals surface area contributed by atoms with Crippen LogP contribution in [0.3, 0.4) is 0 Å². The molecule has 0 aliphatic carbocycles. The number of nitrogens with one attached hydrogen (secondary N) is 1. The maximum atomic E-state index is 9.77. The van der Waals surface area contributed by atoms with Gasteiger partial charge in [0, 0.05) is 10.2 Å². The van der Waals surface area contributed by atoms with E-state index in [1.165, 1.54) is 0 Å². The average molecular weight is 314 g/mol. The minimum absolute atomic E-state index is 0.171. The Kier molecular flexibility index (Phi) is 6.16. The number of hydrogen-bond acceptors (Lipinski definition) is 2. The van der Waals surface area contributed by atoms with Gasteiger partial charge in [0.15, 0.2) is 0 Å². The Hall–Kier alpha value is -0.540. The summed E-state index contributed by atoms with van der Waals surface area (Å²) in [6.45, 7) is 6.74. The third-order valence-electron chi connectivity index (χ3n) is 3.67. The van der Waals surface area contributed by atoms with Gasteiger partial charge in [0.2, 0.25) is 0 Å². The van der Waals surface area contributed by atoms with Crippen molar-refractivity contribution in [1.82, 2.24) is 0 Å². The van der Waals surface area contributed by atoms with Crippen LogP contribution in [0.15, 0.2) is 28.7 Å². The summed E-state index contributed by atoms with van der Waals surface area (Å²) in [4.78, 5) is 0. The fourth-order valence-electron chi connectivity index (χ4n) is 2.15. The van der Waals surface area contributed by atoms with Crippen molar-refractivity contribution in [2.24, 2.45) is 5.92 Å². The topological polar surface area (TPSA) is 32.3 Å². The van der Waals surface area contributed by atoms with E-state index < -0.39 is 0 Å². The molecular formula is C15H24BrNO. The smallest absolute Gasteiger partial charge is 0.0661 e. The Labute approximate surface area is 119 Å². The van der Waals surface area contributed by atoms with Crippen molar-refractivity contribution in [3.8, 4) is 0 Å². The molecule has 2 atom stereocenters. The molecule has 0 amide bonds. The fraction of sp³-hybridized carbons (Fsp3) is 0.600. The fourth-order valence-corrected chi connectivity index (χ4v) is 2.41. The molecule has 1 aromatic carbocycles. The van der Waals surface area contributed by atoms with Crippen LogP contribution in [0.4, 0.5) is 5.69 Å². The number of aliphatic hydroxyl groups excluding tert-OH is 1. The Morgan fingerprint density at radius 2 is 1.89 bits per heavy atom. The van der Waals surface area contributed by atoms with Crippen LogP contribution >= 0.6 is 15.9 Å². The zero-order valence-corrected chi connectivity index (χ0v) is 13.1. The van der Waals surface area contributed by atoms with Crippen LogP contribution in [-0.4, -0.2) is 17.3 Å². The van der Waals surface area contributed by atoms with Gasteiger partial charge < -0.3 is 10.4 Å². The van der Waals surface area contributed by atoms with Gasteiger partial charge in [-0.2, -0.15) is 0 Å². The van der Waals surface area contributed by atoms with Gasteiger partial charge in [-0.15, -0.1) is 0 Å². The average Bonchev–Trinajstić information content (AvgIpc) is 2.40. The van der Waals surface area contributed by atoms with E-state index in [0.717, 1.165) is 29.4 Å². The number of anilines is 1. The highest BCUT2D eigenvalue weighted by molar-refractivity contribution is 9.10. The van der Waals surface area contributed by atoms with Gasteiger partial charge in [0.05, 0.1) is 12.1 Å².